The molecule has 5 rings (SSSR count). The van der Waals surface area contributed by atoms with Crippen molar-refractivity contribution < 1.29 is 18.7 Å². The molecule has 7 nitrogen and oxygen atoms in total. The molecule has 4 aromatic rings. The molecular formula is C25H17ClN2O5. The van der Waals surface area contributed by atoms with E-state index in [1.807, 2.05) is 13.0 Å². The van der Waals surface area contributed by atoms with E-state index in [1.165, 1.54) is 18.1 Å². The van der Waals surface area contributed by atoms with Crippen molar-refractivity contribution in [2.75, 3.05) is 12.0 Å². The topological polar surface area (TPSA) is 89.7 Å². The molecule has 0 N–H and O–H groups in total. The smallest absolute Gasteiger partial charge is 0.337 e. The lowest BCUT2D eigenvalue weighted by Crippen LogP contribution is -2.30. The second kappa shape index (κ2) is 7.86. The van der Waals surface area contributed by atoms with Crippen LogP contribution < -0.4 is 10.3 Å². The van der Waals surface area contributed by atoms with Gasteiger partial charge in [-0.25, -0.2) is 9.78 Å². The minimum atomic E-state index is -0.798. The number of nitrogens with zero attached hydrogens (tertiary/aromatic N) is 2. The van der Waals surface area contributed by atoms with Crippen LogP contribution in [0.15, 0.2) is 69.9 Å². The molecule has 0 unspecified atom stereocenters. The van der Waals surface area contributed by atoms with Gasteiger partial charge in [0.05, 0.1) is 29.7 Å². The van der Waals surface area contributed by atoms with Crippen LogP contribution in [0, 0.1) is 6.92 Å². The van der Waals surface area contributed by atoms with E-state index >= 15 is 0 Å². The molecule has 1 aliphatic rings. The van der Waals surface area contributed by atoms with Gasteiger partial charge in [-0.1, -0.05) is 29.8 Å². The molecule has 164 valence electrons. The van der Waals surface area contributed by atoms with Crippen LogP contribution in [0.5, 0.6) is 0 Å². The van der Waals surface area contributed by atoms with Crippen LogP contribution in [0.25, 0.3) is 11.0 Å². The van der Waals surface area contributed by atoms with Crippen molar-refractivity contribution >= 4 is 40.3 Å². The second-order valence-corrected chi connectivity index (χ2v) is 8.08. The first-order valence-corrected chi connectivity index (χ1v) is 10.5. The van der Waals surface area contributed by atoms with Gasteiger partial charge in [0, 0.05) is 10.7 Å². The first kappa shape index (κ1) is 20.9. The van der Waals surface area contributed by atoms with Gasteiger partial charge in [-0.15, -0.1) is 0 Å². The quantitative estimate of drug-likeness (QED) is 0.412. The minimum Gasteiger partial charge on any atom is -0.465 e. The van der Waals surface area contributed by atoms with Gasteiger partial charge < -0.3 is 9.15 Å². The van der Waals surface area contributed by atoms with Crippen LogP contribution in [0.3, 0.4) is 0 Å². The van der Waals surface area contributed by atoms with E-state index in [0.717, 1.165) is 0 Å². The van der Waals surface area contributed by atoms with Crippen LogP contribution in [0.4, 0.5) is 5.82 Å². The Morgan fingerprint density at radius 3 is 2.55 bits per heavy atom. The molecule has 3 heterocycles. The summed E-state index contributed by atoms with van der Waals surface area (Å²) < 4.78 is 10.7. The van der Waals surface area contributed by atoms with Crippen LogP contribution in [-0.2, 0) is 4.74 Å². The average Bonchev–Trinajstić information content (AvgIpc) is 3.11. The molecule has 1 atom stereocenters. The molecule has 2 aromatic heterocycles. The number of fused-ring (bicyclic) bond motifs is 2. The number of methoxy groups -OCH3 is 1. The number of halogens is 1. The Balaban J connectivity index is 1.77. The number of pyridine rings is 1. The summed E-state index contributed by atoms with van der Waals surface area (Å²) in [5, 5.41) is 0.666. The monoisotopic (exact) mass is 460 g/mol. The van der Waals surface area contributed by atoms with Gasteiger partial charge >= 0.3 is 5.97 Å². The molecule has 2 aromatic carbocycles. The summed E-state index contributed by atoms with van der Waals surface area (Å²) in [6.45, 7) is 1.82. The molecule has 0 radical (unpaired) electrons. The Hall–Kier alpha value is -3.97. The highest BCUT2D eigenvalue weighted by molar-refractivity contribution is 6.31. The molecule has 0 aliphatic carbocycles. The van der Waals surface area contributed by atoms with E-state index in [9.17, 15) is 14.4 Å². The summed E-state index contributed by atoms with van der Waals surface area (Å²) >= 11 is 6.11. The van der Waals surface area contributed by atoms with Gasteiger partial charge in [-0.05, 0) is 55.0 Å². The predicted octanol–water partition coefficient (Wildman–Crippen LogP) is 4.69. The summed E-state index contributed by atoms with van der Waals surface area (Å²) in [5.41, 5.74) is 1.81. The number of aromatic nitrogens is 1. The van der Waals surface area contributed by atoms with Crippen molar-refractivity contribution in [2.24, 2.45) is 0 Å². The van der Waals surface area contributed by atoms with Crippen molar-refractivity contribution in [2.45, 2.75) is 13.0 Å². The Labute approximate surface area is 193 Å². The highest BCUT2D eigenvalue weighted by Gasteiger charge is 2.44. The normalized spacial score (nSPS) is 15.1. The number of hydrogen-bond acceptors (Lipinski definition) is 6. The van der Waals surface area contributed by atoms with Crippen molar-refractivity contribution in [3.05, 3.63) is 104 Å². The Bertz CT molecular complexity index is 1490. The lowest BCUT2D eigenvalue weighted by molar-refractivity contribution is 0.0600. The maximum Gasteiger partial charge on any atom is 0.337 e. The van der Waals surface area contributed by atoms with Gasteiger partial charge in [0.15, 0.2) is 5.43 Å². The lowest BCUT2D eigenvalue weighted by atomic mass is 9.97. The number of esters is 1. The summed E-state index contributed by atoms with van der Waals surface area (Å²) in [7, 11) is 1.30. The highest BCUT2D eigenvalue weighted by atomic mass is 35.5. The Morgan fingerprint density at radius 2 is 1.85 bits per heavy atom. The molecule has 1 amide bonds. The van der Waals surface area contributed by atoms with Gasteiger partial charge in [-0.2, -0.15) is 0 Å². The molecule has 0 bridgehead atoms. The first-order valence-electron chi connectivity index (χ1n) is 10.1. The number of rotatable bonds is 3. The fourth-order valence-corrected chi connectivity index (χ4v) is 4.25. The van der Waals surface area contributed by atoms with Gasteiger partial charge in [0.2, 0.25) is 5.76 Å². The predicted molar refractivity (Wildman–Crippen MR) is 123 cm³/mol. The summed E-state index contributed by atoms with van der Waals surface area (Å²) in [6.07, 6.45) is 0. The summed E-state index contributed by atoms with van der Waals surface area (Å²) in [6, 6.07) is 15.7. The molecule has 0 spiro atoms. The number of aryl methyl sites for hydroxylation is 1. The first-order chi connectivity index (χ1) is 15.9. The number of ether oxygens (including phenoxy) is 1. The molecule has 0 saturated carbocycles. The molecule has 0 fully saturated rings. The third kappa shape index (κ3) is 3.37. The second-order valence-electron chi connectivity index (χ2n) is 7.64. The Kier molecular flexibility index (Phi) is 4.98. The average molecular weight is 461 g/mol. The van der Waals surface area contributed by atoms with Crippen LogP contribution >= 0.6 is 11.6 Å². The minimum absolute atomic E-state index is 0.0415. The third-order valence-electron chi connectivity index (χ3n) is 5.60. The van der Waals surface area contributed by atoms with Crippen LogP contribution in [0.1, 0.15) is 43.8 Å². The van der Waals surface area contributed by atoms with Crippen molar-refractivity contribution in [3.63, 3.8) is 0 Å². The van der Waals surface area contributed by atoms with Crippen molar-refractivity contribution in [1.29, 1.82) is 0 Å². The largest absolute Gasteiger partial charge is 0.465 e. The van der Waals surface area contributed by atoms with E-state index in [4.69, 9.17) is 20.8 Å². The van der Waals surface area contributed by atoms with E-state index in [1.54, 1.807) is 48.5 Å². The van der Waals surface area contributed by atoms with E-state index in [2.05, 4.69) is 4.98 Å². The maximum absolute atomic E-state index is 13.6. The number of amides is 1. The highest BCUT2D eigenvalue weighted by Crippen LogP contribution is 2.40. The van der Waals surface area contributed by atoms with Crippen molar-refractivity contribution in [3.8, 4) is 0 Å². The number of carbonyl (C=O) groups is 2. The molecule has 1 aliphatic heterocycles. The van der Waals surface area contributed by atoms with E-state index < -0.39 is 17.9 Å². The van der Waals surface area contributed by atoms with Crippen LogP contribution in [-0.4, -0.2) is 24.0 Å². The molecule has 8 heteroatoms. The SMILES string of the molecule is COC(=O)c1ccc([C@H]2c3c(oc4ccc(Cl)cc4c3=O)C(=O)N2c2cccc(C)n2)cc1. The summed E-state index contributed by atoms with van der Waals surface area (Å²) in [4.78, 5) is 44.9. The zero-order valence-corrected chi connectivity index (χ0v) is 18.4. The van der Waals surface area contributed by atoms with Gasteiger partial charge in [-0.3, -0.25) is 14.5 Å². The Morgan fingerprint density at radius 1 is 1.09 bits per heavy atom. The van der Waals surface area contributed by atoms with E-state index in [0.29, 0.717) is 27.7 Å². The standard InChI is InChI=1S/C25H17ClN2O5/c1-13-4-3-5-19(27-13)28-21(14-6-8-15(9-7-14)25(31)32-2)20-22(29)17-12-16(26)10-11-18(17)33-23(20)24(28)30/h3-12,21H,1-2H3/t21-/m0/s1. The molecular weight excluding hydrogens is 444 g/mol. The number of hydrogen-bond donors (Lipinski definition) is 0. The number of carbonyl (C=O) groups excluding carboxylic acids is 2. The maximum atomic E-state index is 13.6. The third-order valence-corrected chi connectivity index (χ3v) is 5.84. The fourth-order valence-electron chi connectivity index (χ4n) is 4.08. The fraction of sp³-hybridized carbons (Fsp3) is 0.120. The van der Waals surface area contributed by atoms with Crippen molar-refractivity contribution in [1.82, 2.24) is 4.98 Å². The number of anilines is 1. The molecule has 33 heavy (non-hydrogen) atoms. The lowest BCUT2D eigenvalue weighted by Gasteiger charge is -2.24. The van der Waals surface area contributed by atoms with E-state index in [-0.39, 0.29) is 27.7 Å². The zero-order valence-electron chi connectivity index (χ0n) is 17.7. The molecule has 0 saturated heterocycles. The van der Waals surface area contributed by atoms with Crippen LogP contribution in [0.2, 0.25) is 5.02 Å². The zero-order chi connectivity index (χ0) is 23.3. The van der Waals surface area contributed by atoms with Gasteiger partial charge in [0.1, 0.15) is 11.4 Å². The number of benzene rings is 2. The summed E-state index contributed by atoms with van der Waals surface area (Å²) in [5.74, 6) is -0.615. The van der Waals surface area contributed by atoms with Gasteiger partial charge in [0.25, 0.3) is 5.91 Å².